The maximum atomic E-state index is 12.8. The van der Waals surface area contributed by atoms with E-state index in [0.717, 1.165) is 4.47 Å². The molecule has 29 heavy (non-hydrogen) atoms. The quantitative estimate of drug-likeness (QED) is 0.323. The van der Waals surface area contributed by atoms with Crippen LogP contribution in [0, 0.1) is 0 Å². The maximum absolute atomic E-state index is 12.8. The Morgan fingerprint density at radius 2 is 2.00 bits per heavy atom. The largest absolute Gasteiger partial charge is 0.325 e. The van der Waals surface area contributed by atoms with Crippen molar-refractivity contribution in [3.8, 4) is 0 Å². The third kappa shape index (κ3) is 4.76. The molecule has 0 radical (unpaired) electrons. The standard InChI is InChI=1S/C21H20BrN3O3S/c1-4-25-20(28)17-11-15(22)8-9-18(17)24-21(25)29-13(3)19(27)23-16-7-5-6-14(10-16)12(2)26/h5-11,13H,4H2,1-3H3,(H,23,27). The van der Waals surface area contributed by atoms with Crippen LogP contribution in [-0.4, -0.2) is 26.5 Å². The van der Waals surface area contributed by atoms with E-state index in [2.05, 4.69) is 26.2 Å². The lowest BCUT2D eigenvalue weighted by atomic mass is 10.1. The first-order valence-electron chi connectivity index (χ1n) is 9.08. The molecule has 1 aromatic heterocycles. The van der Waals surface area contributed by atoms with Crippen molar-refractivity contribution in [1.29, 1.82) is 0 Å². The number of hydrogen-bond acceptors (Lipinski definition) is 5. The average Bonchev–Trinajstić information content (AvgIpc) is 2.69. The van der Waals surface area contributed by atoms with E-state index in [1.54, 1.807) is 47.9 Å². The monoisotopic (exact) mass is 473 g/mol. The molecule has 1 unspecified atom stereocenters. The first-order valence-corrected chi connectivity index (χ1v) is 10.8. The van der Waals surface area contributed by atoms with Gasteiger partial charge in [-0.25, -0.2) is 4.98 Å². The number of nitrogens with one attached hydrogen (secondary N) is 1. The Balaban J connectivity index is 1.85. The van der Waals surface area contributed by atoms with E-state index in [-0.39, 0.29) is 17.2 Å². The third-order valence-electron chi connectivity index (χ3n) is 4.39. The summed E-state index contributed by atoms with van der Waals surface area (Å²) >= 11 is 4.61. The minimum atomic E-state index is -0.492. The highest BCUT2D eigenvalue weighted by Crippen LogP contribution is 2.25. The van der Waals surface area contributed by atoms with E-state index >= 15 is 0 Å². The number of halogens is 1. The van der Waals surface area contributed by atoms with Gasteiger partial charge in [0.1, 0.15) is 0 Å². The summed E-state index contributed by atoms with van der Waals surface area (Å²) in [6.07, 6.45) is 0. The highest BCUT2D eigenvalue weighted by molar-refractivity contribution is 9.10. The number of amides is 1. The van der Waals surface area contributed by atoms with Crippen LogP contribution in [0.1, 0.15) is 31.1 Å². The predicted molar refractivity (Wildman–Crippen MR) is 120 cm³/mol. The molecule has 0 fully saturated rings. The summed E-state index contributed by atoms with van der Waals surface area (Å²) in [5, 5.41) is 3.35. The van der Waals surface area contributed by atoms with E-state index in [4.69, 9.17) is 0 Å². The van der Waals surface area contributed by atoms with Gasteiger partial charge in [0.2, 0.25) is 5.91 Å². The Hall–Kier alpha value is -2.45. The normalized spacial score (nSPS) is 12.0. The average molecular weight is 474 g/mol. The van der Waals surface area contributed by atoms with E-state index in [1.165, 1.54) is 18.7 Å². The number of nitrogens with zero attached hydrogens (tertiary/aromatic N) is 2. The molecule has 0 aliphatic heterocycles. The molecule has 150 valence electrons. The predicted octanol–water partition coefficient (Wildman–Crippen LogP) is 4.50. The van der Waals surface area contributed by atoms with Gasteiger partial charge in [0.15, 0.2) is 10.9 Å². The van der Waals surface area contributed by atoms with Crippen LogP contribution >= 0.6 is 27.7 Å². The van der Waals surface area contributed by atoms with Gasteiger partial charge in [-0.2, -0.15) is 0 Å². The highest BCUT2D eigenvalue weighted by atomic mass is 79.9. The first kappa shape index (κ1) is 21.3. The number of benzene rings is 2. The van der Waals surface area contributed by atoms with Crippen molar-refractivity contribution >= 4 is 56.0 Å². The molecule has 1 N–H and O–H groups in total. The minimum Gasteiger partial charge on any atom is -0.325 e. The summed E-state index contributed by atoms with van der Waals surface area (Å²) < 4.78 is 2.38. The van der Waals surface area contributed by atoms with E-state index in [0.29, 0.717) is 33.9 Å². The summed E-state index contributed by atoms with van der Waals surface area (Å²) in [6.45, 7) is 5.56. The molecule has 3 rings (SSSR count). The molecular formula is C21H20BrN3O3S. The van der Waals surface area contributed by atoms with Crippen molar-refractivity contribution in [1.82, 2.24) is 9.55 Å². The smallest absolute Gasteiger partial charge is 0.262 e. The fourth-order valence-electron chi connectivity index (χ4n) is 2.81. The number of thioether (sulfide) groups is 1. The molecule has 0 saturated carbocycles. The van der Waals surface area contributed by atoms with Crippen LogP contribution in [0.2, 0.25) is 0 Å². The van der Waals surface area contributed by atoms with Crippen molar-refractivity contribution in [3.63, 3.8) is 0 Å². The molecule has 2 aromatic carbocycles. The van der Waals surface area contributed by atoms with Crippen molar-refractivity contribution in [2.75, 3.05) is 5.32 Å². The number of carbonyl (C=O) groups is 2. The molecule has 0 bridgehead atoms. The lowest BCUT2D eigenvalue weighted by molar-refractivity contribution is -0.115. The molecule has 3 aromatic rings. The van der Waals surface area contributed by atoms with Gasteiger partial charge in [0, 0.05) is 22.3 Å². The molecule has 1 heterocycles. The second-order valence-corrected chi connectivity index (χ2v) is 8.72. The van der Waals surface area contributed by atoms with E-state index < -0.39 is 5.25 Å². The van der Waals surface area contributed by atoms with Crippen molar-refractivity contribution in [2.45, 2.75) is 37.7 Å². The van der Waals surface area contributed by atoms with Gasteiger partial charge in [0.05, 0.1) is 16.2 Å². The summed E-state index contributed by atoms with van der Waals surface area (Å²) in [5.74, 6) is -0.300. The molecule has 8 heteroatoms. The van der Waals surface area contributed by atoms with Crippen molar-refractivity contribution in [2.24, 2.45) is 0 Å². The van der Waals surface area contributed by atoms with E-state index in [9.17, 15) is 14.4 Å². The van der Waals surface area contributed by atoms with Crippen LogP contribution < -0.4 is 10.9 Å². The molecule has 1 amide bonds. The molecule has 0 aliphatic carbocycles. The lowest BCUT2D eigenvalue weighted by Gasteiger charge is -2.15. The molecule has 6 nitrogen and oxygen atoms in total. The van der Waals surface area contributed by atoms with Crippen LogP contribution in [0.15, 0.2) is 56.9 Å². The SMILES string of the molecule is CCn1c(SC(C)C(=O)Nc2cccc(C(C)=O)c2)nc2ccc(Br)cc2c1=O. The Kier molecular flexibility index (Phi) is 6.54. The fourth-order valence-corrected chi connectivity index (χ4v) is 4.15. The van der Waals surface area contributed by atoms with Gasteiger partial charge in [0.25, 0.3) is 5.56 Å². The summed E-state index contributed by atoms with van der Waals surface area (Å²) in [5.41, 5.74) is 1.54. The zero-order valence-electron chi connectivity index (χ0n) is 16.2. The molecule has 0 spiro atoms. The van der Waals surface area contributed by atoms with Gasteiger partial charge >= 0.3 is 0 Å². The number of anilines is 1. The Labute approximate surface area is 180 Å². The van der Waals surface area contributed by atoms with Crippen LogP contribution in [-0.2, 0) is 11.3 Å². The first-order chi connectivity index (χ1) is 13.8. The topological polar surface area (TPSA) is 81.1 Å². The highest BCUT2D eigenvalue weighted by Gasteiger charge is 2.19. The van der Waals surface area contributed by atoms with Crippen LogP contribution in [0.5, 0.6) is 0 Å². The number of rotatable bonds is 6. The second-order valence-electron chi connectivity index (χ2n) is 6.49. The summed E-state index contributed by atoms with van der Waals surface area (Å²) in [7, 11) is 0. The van der Waals surface area contributed by atoms with Gasteiger partial charge in [-0.1, -0.05) is 39.8 Å². The van der Waals surface area contributed by atoms with Crippen LogP contribution in [0.3, 0.4) is 0 Å². The number of fused-ring (bicyclic) bond motifs is 1. The number of aromatic nitrogens is 2. The number of ketones is 1. The van der Waals surface area contributed by atoms with Gasteiger partial charge < -0.3 is 5.32 Å². The molecule has 0 saturated heterocycles. The Bertz CT molecular complexity index is 1160. The number of Topliss-reactive ketones (excluding diaryl/α,β-unsaturated/α-hetero) is 1. The van der Waals surface area contributed by atoms with E-state index in [1.807, 2.05) is 13.0 Å². The maximum Gasteiger partial charge on any atom is 0.262 e. The lowest BCUT2D eigenvalue weighted by Crippen LogP contribution is -2.26. The number of hydrogen-bond donors (Lipinski definition) is 1. The summed E-state index contributed by atoms with van der Waals surface area (Å²) in [6, 6.07) is 12.2. The fraction of sp³-hybridized carbons (Fsp3) is 0.238. The Morgan fingerprint density at radius 3 is 2.69 bits per heavy atom. The summed E-state index contributed by atoms with van der Waals surface area (Å²) in [4.78, 5) is 41.6. The van der Waals surface area contributed by atoms with Crippen LogP contribution in [0.25, 0.3) is 10.9 Å². The Morgan fingerprint density at radius 1 is 1.24 bits per heavy atom. The van der Waals surface area contributed by atoms with Gasteiger partial charge in [-0.15, -0.1) is 0 Å². The second kappa shape index (κ2) is 8.92. The molecular weight excluding hydrogens is 454 g/mol. The minimum absolute atomic E-state index is 0.0671. The third-order valence-corrected chi connectivity index (χ3v) is 5.97. The number of carbonyl (C=O) groups excluding carboxylic acids is 2. The van der Waals surface area contributed by atoms with Crippen LogP contribution in [0.4, 0.5) is 5.69 Å². The molecule has 1 atom stereocenters. The zero-order valence-corrected chi connectivity index (χ0v) is 18.6. The zero-order chi connectivity index (χ0) is 21.1. The van der Waals surface area contributed by atoms with Crippen molar-refractivity contribution in [3.05, 3.63) is 62.9 Å². The molecule has 0 aliphatic rings. The van der Waals surface area contributed by atoms with Gasteiger partial charge in [-0.05, 0) is 51.1 Å². The van der Waals surface area contributed by atoms with Crippen molar-refractivity contribution < 1.29 is 9.59 Å². The van der Waals surface area contributed by atoms with Gasteiger partial charge in [-0.3, -0.25) is 19.0 Å².